The van der Waals surface area contributed by atoms with Crippen molar-refractivity contribution in [3.8, 4) is 6.07 Å². The summed E-state index contributed by atoms with van der Waals surface area (Å²) in [6.45, 7) is 3.28. The van der Waals surface area contributed by atoms with Crippen molar-refractivity contribution in [2.75, 3.05) is 6.61 Å². The zero-order valence-electron chi connectivity index (χ0n) is 11.5. The van der Waals surface area contributed by atoms with Gasteiger partial charge in [0.15, 0.2) is 5.41 Å². The van der Waals surface area contributed by atoms with E-state index in [2.05, 4.69) is 0 Å². The summed E-state index contributed by atoms with van der Waals surface area (Å²) in [5, 5.41) is 10.0. The predicted octanol–water partition coefficient (Wildman–Crippen LogP) is 3.03. The Morgan fingerprint density at radius 1 is 1.35 bits per heavy atom. The summed E-state index contributed by atoms with van der Waals surface area (Å²) in [4.78, 5) is 23.4. The molecule has 0 aromatic heterocycles. The number of carbonyl (C=O) groups excluding carboxylic acids is 2. The summed E-state index contributed by atoms with van der Waals surface area (Å²) in [7, 11) is 0. The third-order valence-corrected chi connectivity index (χ3v) is 3.26. The van der Waals surface area contributed by atoms with E-state index in [0.717, 1.165) is 0 Å². The van der Waals surface area contributed by atoms with Crippen molar-refractivity contribution in [2.24, 2.45) is 0 Å². The lowest BCUT2D eigenvalue weighted by molar-refractivity contribution is -0.148. The lowest BCUT2D eigenvalue weighted by atomic mass is 9.77. The van der Waals surface area contributed by atoms with Crippen molar-refractivity contribution in [3.63, 3.8) is 0 Å². The second kappa shape index (κ2) is 7.06. The van der Waals surface area contributed by atoms with Crippen LogP contribution in [0.3, 0.4) is 0 Å². The molecule has 4 nitrogen and oxygen atoms in total. The second-order valence-electron chi connectivity index (χ2n) is 4.45. The third kappa shape index (κ3) is 3.58. The molecule has 0 fully saturated rings. The molecule has 0 amide bonds. The number of esters is 1. The highest BCUT2D eigenvalue weighted by atomic mass is 35.5. The molecule has 0 aliphatic carbocycles. The monoisotopic (exact) mass is 293 g/mol. The van der Waals surface area contributed by atoms with Crippen LogP contribution < -0.4 is 0 Å². The first kappa shape index (κ1) is 16.2. The molecule has 0 heterocycles. The number of Topliss-reactive ketones (excluding diaryl/α,β-unsaturated/α-hetero) is 1. The largest absolute Gasteiger partial charge is 0.465 e. The fourth-order valence-corrected chi connectivity index (χ4v) is 2.01. The number of nitrogens with zero attached hydrogens (tertiary/aromatic N) is 1. The van der Waals surface area contributed by atoms with Gasteiger partial charge in [0.25, 0.3) is 0 Å². The fraction of sp³-hybridized carbons (Fsp3) is 0.400. The van der Waals surface area contributed by atoms with Crippen LogP contribution >= 0.6 is 11.6 Å². The zero-order valence-corrected chi connectivity index (χ0v) is 12.2. The summed E-state index contributed by atoms with van der Waals surface area (Å²) >= 11 is 5.82. The van der Waals surface area contributed by atoms with Gasteiger partial charge in [0.1, 0.15) is 5.78 Å². The van der Waals surface area contributed by atoms with E-state index in [1.54, 1.807) is 31.2 Å². The molecule has 0 N–H and O–H groups in total. The highest BCUT2D eigenvalue weighted by Crippen LogP contribution is 2.31. The maximum atomic E-state index is 12.2. The molecule has 106 valence electrons. The molecule has 0 aliphatic heterocycles. The van der Waals surface area contributed by atoms with Gasteiger partial charge in [0.2, 0.25) is 0 Å². The molecular formula is C15H16ClNO3. The molecule has 0 radical (unpaired) electrons. The van der Waals surface area contributed by atoms with Gasteiger partial charge < -0.3 is 9.53 Å². The Morgan fingerprint density at radius 2 is 1.95 bits per heavy atom. The van der Waals surface area contributed by atoms with E-state index in [1.807, 2.05) is 6.07 Å². The van der Waals surface area contributed by atoms with Gasteiger partial charge in [-0.25, -0.2) is 4.79 Å². The van der Waals surface area contributed by atoms with Crippen molar-refractivity contribution >= 4 is 23.4 Å². The minimum Gasteiger partial charge on any atom is -0.465 e. The van der Waals surface area contributed by atoms with Crippen LogP contribution in [-0.4, -0.2) is 18.4 Å². The molecule has 0 saturated carbocycles. The third-order valence-electron chi connectivity index (χ3n) is 3.00. The molecule has 20 heavy (non-hydrogen) atoms. The predicted molar refractivity (Wildman–Crippen MR) is 75.3 cm³/mol. The Bertz CT molecular complexity index is 533. The Kier molecular flexibility index (Phi) is 5.72. The van der Waals surface area contributed by atoms with Crippen LogP contribution in [-0.2, 0) is 19.7 Å². The minimum atomic E-state index is -1.47. The van der Waals surface area contributed by atoms with Gasteiger partial charge in [-0.3, -0.25) is 0 Å². The molecule has 1 aromatic carbocycles. The summed E-state index contributed by atoms with van der Waals surface area (Å²) in [6.07, 6.45) is 0.230. The van der Waals surface area contributed by atoms with Gasteiger partial charge in [-0.2, -0.15) is 5.26 Å². The van der Waals surface area contributed by atoms with Gasteiger partial charge in [-0.05, 0) is 38.0 Å². The summed E-state index contributed by atoms with van der Waals surface area (Å²) < 4.78 is 5.01. The number of hydrogen-bond acceptors (Lipinski definition) is 4. The molecular weight excluding hydrogens is 278 g/mol. The van der Waals surface area contributed by atoms with Gasteiger partial charge in [-0.1, -0.05) is 23.7 Å². The van der Waals surface area contributed by atoms with Crippen molar-refractivity contribution in [1.82, 2.24) is 0 Å². The Labute approximate surface area is 123 Å². The van der Waals surface area contributed by atoms with Gasteiger partial charge in [-0.15, -0.1) is 0 Å². The average Bonchev–Trinajstić information content (AvgIpc) is 2.41. The topological polar surface area (TPSA) is 67.2 Å². The highest BCUT2D eigenvalue weighted by molar-refractivity contribution is 6.30. The molecule has 1 atom stereocenters. The van der Waals surface area contributed by atoms with Crippen LogP contribution in [0.25, 0.3) is 0 Å². The van der Waals surface area contributed by atoms with E-state index >= 15 is 0 Å². The van der Waals surface area contributed by atoms with Crippen LogP contribution in [0.2, 0.25) is 5.02 Å². The first-order valence-corrected chi connectivity index (χ1v) is 6.68. The number of rotatable bonds is 6. The van der Waals surface area contributed by atoms with E-state index in [9.17, 15) is 14.9 Å². The van der Waals surface area contributed by atoms with Crippen molar-refractivity contribution < 1.29 is 14.3 Å². The second-order valence-corrected chi connectivity index (χ2v) is 4.88. The standard InChI is InChI=1S/C15H16ClNO3/c1-3-20-14(19)15(10-17,9-8-11(2)18)12-4-6-13(16)7-5-12/h4-7H,3,8-9H2,1-2H3/t15-/m1/s1. The van der Waals surface area contributed by atoms with Crippen LogP contribution in [0.15, 0.2) is 24.3 Å². The number of carbonyl (C=O) groups is 2. The zero-order chi connectivity index (χ0) is 15.2. The number of nitriles is 1. The lowest BCUT2D eigenvalue weighted by Crippen LogP contribution is -2.36. The maximum absolute atomic E-state index is 12.2. The molecule has 0 bridgehead atoms. The smallest absolute Gasteiger partial charge is 0.331 e. The van der Waals surface area contributed by atoms with Crippen LogP contribution in [0, 0.1) is 11.3 Å². The first-order chi connectivity index (χ1) is 9.46. The Balaban J connectivity index is 3.23. The summed E-state index contributed by atoms with van der Waals surface area (Å²) in [5.41, 5.74) is -0.976. The van der Waals surface area contributed by atoms with E-state index < -0.39 is 11.4 Å². The van der Waals surface area contributed by atoms with E-state index in [-0.39, 0.29) is 25.2 Å². The summed E-state index contributed by atoms with van der Waals surface area (Å²) in [5.74, 6) is -0.714. The molecule has 0 spiro atoms. The van der Waals surface area contributed by atoms with Gasteiger partial charge >= 0.3 is 5.97 Å². The van der Waals surface area contributed by atoms with Crippen LogP contribution in [0.5, 0.6) is 0 Å². The number of ketones is 1. The normalized spacial score (nSPS) is 13.1. The van der Waals surface area contributed by atoms with Crippen LogP contribution in [0.4, 0.5) is 0 Å². The van der Waals surface area contributed by atoms with Gasteiger partial charge in [0.05, 0.1) is 12.7 Å². The quantitative estimate of drug-likeness (QED) is 0.756. The minimum absolute atomic E-state index is 0.0807. The van der Waals surface area contributed by atoms with E-state index in [4.69, 9.17) is 16.3 Å². The van der Waals surface area contributed by atoms with E-state index in [0.29, 0.717) is 10.6 Å². The number of halogens is 1. The molecule has 0 unspecified atom stereocenters. The average molecular weight is 294 g/mol. The molecule has 1 rings (SSSR count). The summed E-state index contributed by atoms with van der Waals surface area (Å²) in [6, 6.07) is 8.46. The number of hydrogen-bond donors (Lipinski definition) is 0. The SMILES string of the molecule is CCOC(=O)[C@@](C#N)(CCC(C)=O)c1ccc(Cl)cc1. The van der Waals surface area contributed by atoms with Gasteiger partial charge in [0, 0.05) is 11.4 Å². The molecule has 1 aromatic rings. The van der Waals surface area contributed by atoms with Crippen molar-refractivity contribution in [2.45, 2.75) is 32.1 Å². The van der Waals surface area contributed by atoms with E-state index in [1.165, 1.54) is 6.92 Å². The van der Waals surface area contributed by atoms with Crippen molar-refractivity contribution in [3.05, 3.63) is 34.9 Å². The molecule has 0 aliphatic rings. The lowest BCUT2D eigenvalue weighted by Gasteiger charge is -2.24. The highest BCUT2D eigenvalue weighted by Gasteiger charge is 2.42. The number of ether oxygens (including phenoxy) is 1. The van der Waals surface area contributed by atoms with Crippen molar-refractivity contribution in [1.29, 1.82) is 5.26 Å². The Morgan fingerprint density at radius 3 is 2.40 bits per heavy atom. The van der Waals surface area contributed by atoms with Crippen LogP contribution in [0.1, 0.15) is 32.3 Å². The molecule has 5 heteroatoms. The fourth-order valence-electron chi connectivity index (χ4n) is 1.88. The Hall–Kier alpha value is -1.86. The maximum Gasteiger partial charge on any atom is 0.331 e. The first-order valence-electron chi connectivity index (χ1n) is 6.30. The number of benzene rings is 1. The molecule has 0 saturated heterocycles.